The van der Waals surface area contributed by atoms with Gasteiger partial charge in [-0.2, -0.15) is 5.10 Å². The van der Waals surface area contributed by atoms with Gasteiger partial charge in [-0.25, -0.2) is 18.2 Å². The number of aromatic nitrogens is 2. The molecule has 2 N–H and O–H groups in total. The lowest BCUT2D eigenvalue weighted by Gasteiger charge is -2.25. The summed E-state index contributed by atoms with van der Waals surface area (Å²) < 4.78 is 24.9. The molecule has 0 spiro atoms. The summed E-state index contributed by atoms with van der Waals surface area (Å²) >= 11 is 6.05. The van der Waals surface area contributed by atoms with Gasteiger partial charge in [0, 0.05) is 12.1 Å². The number of amides is 1. The fraction of sp³-hybridized carbons (Fsp3) is 0.200. The van der Waals surface area contributed by atoms with E-state index in [9.17, 15) is 13.2 Å². The molecule has 7 nitrogen and oxygen atoms in total. The summed E-state index contributed by atoms with van der Waals surface area (Å²) in [6.07, 6.45) is 1.52. The molecular formula is C20H21ClN4O3S. The van der Waals surface area contributed by atoms with E-state index in [0.29, 0.717) is 21.8 Å². The predicted molar refractivity (Wildman–Crippen MR) is 112 cm³/mol. The highest BCUT2D eigenvalue weighted by Gasteiger charge is 2.24. The van der Waals surface area contributed by atoms with Crippen molar-refractivity contribution in [2.45, 2.75) is 24.8 Å². The van der Waals surface area contributed by atoms with Crippen LogP contribution in [0.5, 0.6) is 0 Å². The smallest absolute Gasteiger partial charge is 0.257 e. The Kier molecular flexibility index (Phi) is 5.79. The maximum absolute atomic E-state index is 13.1. The second kappa shape index (κ2) is 7.98. The molecule has 1 atom stereocenters. The summed E-state index contributed by atoms with van der Waals surface area (Å²) in [5.41, 5.74) is 2.54. The molecule has 0 bridgehead atoms. The zero-order chi connectivity index (χ0) is 21.3. The van der Waals surface area contributed by atoms with E-state index < -0.39 is 10.0 Å². The molecule has 2 aromatic carbocycles. The number of nitrogens with zero attached hydrogens (tertiary/aromatic N) is 3. The molecule has 3 aromatic rings. The third-order valence-electron chi connectivity index (χ3n) is 4.86. The van der Waals surface area contributed by atoms with Crippen molar-refractivity contribution in [2.75, 3.05) is 7.05 Å². The fourth-order valence-corrected chi connectivity index (χ4v) is 3.78. The number of carbonyl (C=O) groups is 1. The Labute approximate surface area is 174 Å². The molecule has 3 rings (SSSR count). The monoisotopic (exact) mass is 432 g/mol. The van der Waals surface area contributed by atoms with Crippen molar-refractivity contribution < 1.29 is 13.2 Å². The first-order valence-electron chi connectivity index (χ1n) is 8.80. The summed E-state index contributed by atoms with van der Waals surface area (Å²) in [7, 11) is -2.16. The lowest BCUT2D eigenvalue weighted by molar-refractivity contribution is 0.0741. The number of nitrogens with two attached hydrogens (primary N) is 1. The fourth-order valence-electron chi connectivity index (χ4n) is 3.03. The Hall–Kier alpha value is -2.68. The van der Waals surface area contributed by atoms with E-state index in [2.05, 4.69) is 5.10 Å². The lowest BCUT2D eigenvalue weighted by atomic mass is 10.1. The molecule has 0 radical (unpaired) electrons. The average Bonchev–Trinajstić information content (AvgIpc) is 3.07. The Morgan fingerprint density at radius 3 is 2.55 bits per heavy atom. The van der Waals surface area contributed by atoms with Crippen molar-refractivity contribution in [1.29, 1.82) is 0 Å². The maximum Gasteiger partial charge on any atom is 0.257 e. The molecule has 29 heavy (non-hydrogen) atoms. The standard InChI is InChI=1S/C20H21ClN4O3S/c1-13(15-6-4-9-18(10-15)29(22,27)28)24(3)20(26)19-12-23-25(14(19)2)17-8-5-7-16(21)11-17/h4-13H,1-3H3,(H2,22,27,28). The van der Waals surface area contributed by atoms with E-state index in [1.165, 1.54) is 23.2 Å². The number of sulfonamides is 1. The van der Waals surface area contributed by atoms with Crippen LogP contribution in [0.4, 0.5) is 0 Å². The van der Waals surface area contributed by atoms with E-state index in [1.54, 1.807) is 42.9 Å². The molecule has 1 amide bonds. The minimum Gasteiger partial charge on any atom is -0.335 e. The van der Waals surface area contributed by atoms with Crippen LogP contribution in [0.1, 0.15) is 34.6 Å². The van der Waals surface area contributed by atoms with Crippen LogP contribution >= 0.6 is 11.6 Å². The van der Waals surface area contributed by atoms with Crippen LogP contribution in [0.25, 0.3) is 5.69 Å². The van der Waals surface area contributed by atoms with Gasteiger partial charge in [-0.15, -0.1) is 0 Å². The van der Waals surface area contributed by atoms with Gasteiger partial charge in [-0.1, -0.05) is 29.8 Å². The Bertz CT molecular complexity index is 1170. The Balaban J connectivity index is 1.89. The van der Waals surface area contributed by atoms with Gasteiger partial charge < -0.3 is 4.90 Å². The molecule has 1 unspecified atom stereocenters. The summed E-state index contributed by atoms with van der Waals surface area (Å²) in [5, 5.41) is 10.1. The number of hydrogen-bond donors (Lipinski definition) is 1. The van der Waals surface area contributed by atoms with Crippen molar-refractivity contribution >= 4 is 27.5 Å². The summed E-state index contributed by atoms with van der Waals surface area (Å²) in [4.78, 5) is 14.6. The van der Waals surface area contributed by atoms with Gasteiger partial charge >= 0.3 is 0 Å². The first-order valence-corrected chi connectivity index (χ1v) is 10.7. The number of primary sulfonamides is 1. The maximum atomic E-state index is 13.1. The van der Waals surface area contributed by atoms with Gasteiger partial charge in [0.15, 0.2) is 0 Å². The second-order valence-electron chi connectivity index (χ2n) is 6.74. The van der Waals surface area contributed by atoms with E-state index in [1.807, 2.05) is 19.1 Å². The van der Waals surface area contributed by atoms with Crippen LogP contribution in [-0.4, -0.2) is 36.1 Å². The van der Waals surface area contributed by atoms with Gasteiger partial charge in [0.1, 0.15) is 0 Å². The molecule has 0 aliphatic carbocycles. The SMILES string of the molecule is Cc1c(C(=O)N(C)C(C)c2cccc(S(N)(=O)=O)c2)cnn1-c1cccc(Cl)c1. The predicted octanol–water partition coefficient (Wildman–Crippen LogP) is 3.31. The van der Waals surface area contributed by atoms with Crippen molar-refractivity contribution in [2.24, 2.45) is 5.14 Å². The van der Waals surface area contributed by atoms with Crippen LogP contribution in [0, 0.1) is 6.92 Å². The highest BCUT2D eigenvalue weighted by Crippen LogP contribution is 2.25. The van der Waals surface area contributed by atoms with Gasteiger partial charge in [0.2, 0.25) is 10.0 Å². The van der Waals surface area contributed by atoms with Gasteiger partial charge in [-0.05, 0) is 49.7 Å². The Morgan fingerprint density at radius 2 is 1.90 bits per heavy atom. The van der Waals surface area contributed by atoms with E-state index in [0.717, 1.165) is 5.69 Å². The molecule has 0 saturated heterocycles. The number of carbonyl (C=O) groups excluding carboxylic acids is 1. The summed E-state index contributed by atoms with van der Waals surface area (Å²) in [6, 6.07) is 13.1. The van der Waals surface area contributed by atoms with Crippen molar-refractivity contribution in [3.05, 3.63) is 76.6 Å². The van der Waals surface area contributed by atoms with Gasteiger partial charge in [0.25, 0.3) is 5.91 Å². The van der Waals surface area contributed by atoms with E-state index in [-0.39, 0.29) is 16.8 Å². The highest BCUT2D eigenvalue weighted by molar-refractivity contribution is 7.89. The molecule has 0 aliphatic rings. The Morgan fingerprint density at radius 1 is 1.21 bits per heavy atom. The highest BCUT2D eigenvalue weighted by atomic mass is 35.5. The molecule has 0 aliphatic heterocycles. The quantitative estimate of drug-likeness (QED) is 0.668. The van der Waals surface area contributed by atoms with Crippen molar-refractivity contribution in [3.63, 3.8) is 0 Å². The number of halogens is 1. The molecule has 152 valence electrons. The molecule has 9 heteroatoms. The lowest BCUT2D eigenvalue weighted by Crippen LogP contribution is -2.30. The topological polar surface area (TPSA) is 98.3 Å². The molecule has 0 saturated carbocycles. The molecular weight excluding hydrogens is 412 g/mol. The van der Waals surface area contributed by atoms with Crippen LogP contribution in [0.15, 0.2) is 59.6 Å². The number of hydrogen-bond acceptors (Lipinski definition) is 4. The van der Waals surface area contributed by atoms with E-state index in [4.69, 9.17) is 16.7 Å². The number of benzene rings is 2. The zero-order valence-corrected chi connectivity index (χ0v) is 17.8. The summed E-state index contributed by atoms with van der Waals surface area (Å²) in [5.74, 6) is -0.232. The third-order valence-corrected chi connectivity index (χ3v) is 6.01. The van der Waals surface area contributed by atoms with Gasteiger partial charge in [0.05, 0.1) is 34.1 Å². The van der Waals surface area contributed by atoms with Crippen LogP contribution < -0.4 is 5.14 Å². The normalized spacial score (nSPS) is 12.6. The van der Waals surface area contributed by atoms with Crippen molar-refractivity contribution in [1.82, 2.24) is 14.7 Å². The largest absolute Gasteiger partial charge is 0.335 e. The van der Waals surface area contributed by atoms with Crippen LogP contribution in [0.3, 0.4) is 0 Å². The number of rotatable bonds is 5. The van der Waals surface area contributed by atoms with Crippen LogP contribution in [0.2, 0.25) is 5.02 Å². The molecule has 1 heterocycles. The third kappa shape index (κ3) is 4.34. The minimum atomic E-state index is -3.82. The van der Waals surface area contributed by atoms with Crippen LogP contribution in [-0.2, 0) is 10.0 Å². The zero-order valence-electron chi connectivity index (χ0n) is 16.2. The molecule has 0 fully saturated rings. The summed E-state index contributed by atoms with van der Waals surface area (Å²) in [6.45, 7) is 3.62. The minimum absolute atomic E-state index is 0.00709. The molecule has 1 aromatic heterocycles. The van der Waals surface area contributed by atoms with Crippen molar-refractivity contribution in [3.8, 4) is 5.69 Å². The first-order chi connectivity index (χ1) is 13.6. The first kappa shape index (κ1) is 21.0. The van der Waals surface area contributed by atoms with E-state index >= 15 is 0 Å². The second-order valence-corrected chi connectivity index (χ2v) is 8.74. The van der Waals surface area contributed by atoms with Gasteiger partial charge in [-0.3, -0.25) is 4.79 Å². The average molecular weight is 433 g/mol.